The van der Waals surface area contributed by atoms with Gasteiger partial charge in [0, 0.05) is 12.0 Å². The van der Waals surface area contributed by atoms with Gasteiger partial charge in [0.25, 0.3) is 0 Å². The van der Waals surface area contributed by atoms with Gasteiger partial charge in [-0.2, -0.15) is 0 Å². The quantitative estimate of drug-likeness (QED) is 0.491. The Morgan fingerprint density at radius 3 is 2.61 bits per heavy atom. The lowest BCUT2D eigenvalue weighted by atomic mass is 9.60. The van der Waals surface area contributed by atoms with Gasteiger partial charge in [-0.05, 0) is 73.2 Å². The SMILES string of the molecule is CC(C)CCC[C@@H](C)[C@H]1CC[C@H]2/C(=C/[C@H]3C4=C([C@@H](F)S3(=O)=O)[C@@H](O)C[C@H](O)C4)CCC[C@]12C. The summed E-state index contributed by atoms with van der Waals surface area (Å²) in [6.45, 7) is 9.36. The van der Waals surface area contributed by atoms with E-state index >= 15 is 0 Å². The normalized spacial score (nSPS) is 42.6. The van der Waals surface area contributed by atoms with Crippen molar-refractivity contribution in [1.82, 2.24) is 0 Å². The molecule has 188 valence electrons. The van der Waals surface area contributed by atoms with E-state index in [-0.39, 0.29) is 23.8 Å². The van der Waals surface area contributed by atoms with Crippen LogP contribution in [0.4, 0.5) is 4.39 Å². The molecule has 3 aliphatic carbocycles. The molecule has 0 unspecified atom stereocenters. The first-order valence-electron chi connectivity index (χ1n) is 13.1. The number of fused-ring (bicyclic) bond motifs is 1. The lowest BCUT2D eigenvalue weighted by Crippen LogP contribution is -2.36. The summed E-state index contributed by atoms with van der Waals surface area (Å²) in [7, 11) is -4.09. The summed E-state index contributed by atoms with van der Waals surface area (Å²) in [4.78, 5) is 0. The fraction of sp³-hybridized carbons (Fsp3) is 0.852. The molecule has 0 aromatic heterocycles. The Morgan fingerprint density at radius 2 is 1.91 bits per heavy atom. The Hall–Kier alpha value is -0.720. The Labute approximate surface area is 199 Å². The van der Waals surface area contributed by atoms with Crippen LogP contribution in [0.5, 0.6) is 0 Å². The van der Waals surface area contributed by atoms with E-state index < -0.39 is 32.8 Å². The molecule has 2 N–H and O–H groups in total. The number of rotatable bonds is 6. The van der Waals surface area contributed by atoms with Crippen molar-refractivity contribution in [2.45, 2.75) is 115 Å². The number of halogens is 1. The zero-order valence-corrected chi connectivity index (χ0v) is 21.6. The maximum absolute atomic E-state index is 15.0. The first-order chi connectivity index (χ1) is 15.5. The molecule has 2 fully saturated rings. The molecule has 0 amide bonds. The lowest BCUT2D eigenvalue weighted by molar-refractivity contribution is 0.0821. The van der Waals surface area contributed by atoms with Crippen LogP contribution < -0.4 is 0 Å². The van der Waals surface area contributed by atoms with Gasteiger partial charge in [0.2, 0.25) is 5.50 Å². The third-order valence-corrected chi connectivity index (χ3v) is 11.4. The predicted molar refractivity (Wildman–Crippen MR) is 130 cm³/mol. The fourth-order valence-corrected chi connectivity index (χ4v) is 9.70. The standard InChI is InChI=1S/C27H43FO4S/c1-16(2)7-5-8-17(3)21-10-11-22-18(9-6-12-27(21,22)4)13-24-20-14-19(29)15-23(30)25(20)26(28)33(24,31)32/h13,16-17,19,21-24,26,29-30H,5-12,14-15H2,1-4H3/b18-13+/t17-,19-,21-,22+,23+,24+,26+,27-/m1/s1. The molecule has 2 saturated carbocycles. The molecule has 6 heteroatoms. The zero-order valence-electron chi connectivity index (χ0n) is 20.8. The molecule has 1 heterocycles. The van der Waals surface area contributed by atoms with E-state index in [1.807, 2.05) is 6.08 Å². The van der Waals surface area contributed by atoms with Crippen LogP contribution in [0.1, 0.15) is 91.9 Å². The summed E-state index contributed by atoms with van der Waals surface area (Å²) >= 11 is 0. The van der Waals surface area contributed by atoms with Crippen LogP contribution >= 0.6 is 0 Å². The van der Waals surface area contributed by atoms with Gasteiger partial charge in [-0.15, -0.1) is 0 Å². The summed E-state index contributed by atoms with van der Waals surface area (Å²) in [5.41, 5.74) is -0.399. The highest BCUT2D eigenvalue weighted by Gasteiger charge is 2.54. The fourth-order valence-electron chi connectivity index (χ4n) is 7.79. The summed E-state index contributed by atoms with van der Waals surface area (Å²) in [5, 5.41) is 19.5. The monoisotopic (exact) mass is 482 g/mol. The van der Waals surface area contributed by atoms with E-state index in [0.717, 1.165) is 25.2 Å². The minimum atomic E-state index is -4.09. The highest BCUT2D eigenvalue weighted by molar-refractivity contribution is 7.93. The largest absolute Gasteiger partial charge is 0.393 e. The van der Waals surface area contributed by atoms with Crippen molar-refractivity contribution >= 4 is 9.84 Å². The Morgan fingerprint density at radius 1 is 1.18 bits per heavy atom. The maximum Gasteiger partial charge on any atom is 0.225 e. The second kappa shape index (κ2) is 9.39. The van der Waals surface area contributed by atoms with Gasteiger partial charge in [0.05, 0.1) is 12.2 Å². The lowest BCUT2D eigenvalue weighted by Gasteiger charge is -2.44. The summed E-state index contributed by atoms with van der Waals surface area (Å²) in [5.74, 6) is 2.37. The summed E-state index contributed by atoms with van der Waals surface area (Å²) in [6.07, 6.45) is 9.05. The van der Waals surface area contributed by atoms with Gasteiger partial charge in [-0.1, -0.05) is 58.6 Å². The number of allylic oxidation sites excluding steroid dienone is 1. The first kappa shape index (κ1) is 25.4. The van der Waals surface area contributed by atoms with Crippen molar-refractivity contribution in [2.24, 2.45) is 29.1 Å². The van der Waals surface area contributed by atoms with E-state index in [9.17, 15) is 23.0 Å². The van der Waals surface area contributed by atoms with Crippen molar-refractivity contribution in [1.29, 1.82) is 0 Å². The smallest absolute Gasteiger partial charge is 0.225 e. The molecule has 0 spiro atoms. The molecule has 4 rings (SSSR count). The minimum Gasteiger partial charge on any atom is -0.393 e. The van der Waals surface area contributed by atoms with Crippen molar-refractivity contribution in [3.05, 3.63) is 22.8 Å². The highest BCUT2D eigenvalue weighted by Crippen LogP contribution is 2.60. The van der Waals surface area contributed by atoms with Crippen molar-refractivity contribution in [3.63, 3.8) is 0 Å². The van der Waals surface area contributed by atoms with E-state index in [4.69, 9.17) is 0 Å². The van der Waals surface area contributed by atoms with Crippen LogP contribution in [0.15, 0.2) is 22.8 Å². The molecular formula is C27H43FO4S. The summed E-state index contributed by atoms with van der Waals surface area (Å²) < 4.78 is 41.1. The van der Waals surface area contributed by atoms with Gasteiger partial charge in [-0.25, -0.2) is 12.8 Å². The third-order valence-electron chi connectivity index (χ3n) is 9.44. The van der Waals surface area contributed by atoms with Gasteiger partial charge < -0.3 is 10.2 Å². The molecular weight excluding hydrogens is 439 g/mol. The van der Waals surface area contributed by atoms with Crippen LogP contribution in [0, 0.1) is 29.1 Å². The molecule has 33 heavy (non-hydrogen) atoms. The second-order valence-electron chi connectivity index (χ2n) is 12.1. The molecule has 0 saturated heterocycles. The number of sulfone groups is 1. The number of alkyl halides is 1. The van der Waals surface area contributed by atoms with Gasteiger partial charge in [-0.3, -0.25) is 0 Å². The molecule has 0 bridgehead atoms. The summed E-state index contributed by atoms with van der Waals surface area (Å²) in [6, 6.07) is 0. The highest BCUT2D eigenvalue weighted by atomic mass is 32.2. The van der Waals surface area contributed by atoms with E-state index in [1.165, 1.54) is 37.7 Å². The molecule has 8 atom stereocenters. The van der Waals surface area contributed by atoms with Crippen LogP contribution in [0.2, 0.25) is 0 Å². The van der Waals surface area contributed by atoms with Gasteiger partial charge in [0.1, 0.15) is 5.25 Å². The first-order valence-corrected chi connectivity index (χ1v) is 14.7. The van der Waals surface area contributed by atoms with Crippen molar-refractivity contribution < 1.29 is 23.0 Å². The Kier molecular flexibility index (Phi) is 7.22. The van der Waals surface area contributed by atoms with Gasteiger partial charge >= 0.3 is 0 Å². The van der Waals surface area contributed by atoms with Crippen LogP contribution in [0.25, 0.3) is 0 Å². The van der Waals surface area contributed by atoms with Gasteiger partial charge in [0.15, 0.2) is 9.84 Å². The predicted octanol–water partition coefficient (Wildman–Crippen LogP) is 5.50. The molecule has 0 radical (unpaired) electrons. The van der Waals surface area contributed by atoms with E-state index in [1.54, 1.807) is 0 Å². The van der Waals surface area contributed by atoms with Crippen molar-refractivity contribution in [2.75, 3.05) is 0 Å². The molecule has 4 nitrogen and oxygen atoms in total. The maximum atomic E-state index is 15.0. The van der Waals surface area contributed by atoms with Crippen LogP contribution in [-0.2, 0) is 9.84 Å². The number of aliphatic hydroxyl groups is 2. The topological polar surface area (TPSA) is 74.6 Å². The number of hydrogen-bond donors (Lipinski definition) is 2. The molecule has 0 aromatic rings. The number of hydrogen-bond acceptors (Lipinski definition) is 4. The molecule has 1 aliphatic heterocycles. The Balaban J connectivity index is 1.59. The second-order valence-corrected chi connectivity index (χ2v) is 14.2. The zero-order chi connectivity index (χ0) is 24.1. The Bertz CT molecular complexity index is 907. The van der Waals surface area contributed by atoms with E-state index in [0.29, 0.717) is 23.3 Å². The minimum absolute atomic E-state index is 0.00351. The van der Waals surface area contributed by atoms with Crippen LogP contribution in [-0.4, -0.2) is 41.6 Å². The average molecular weight is 483 g/mol. The molecule has 0 aromatic carbocycles. The van der Waals surface area contributed by atoms with Crippen molar-refractivity contribution in [3.8, 4) is 0 Å². The average Bonchev–Trinajstić information content (AvgIpc) is 3.16. The number of aliphatic hydroxyl groups excluding tert-OH is 2. The molecule has 4 aliphatic rings. The van der Waals surface area contributed by atoms with E-state index in [2.05, 4.69) is 27.7 Å². The third kappa shape index (κ3) is 4.49. The van der Waals surface area contributed by atoms with Crippen LogP contribution in [0.3, 0.4) is 0 Å².